The number of anilines is 1. The van der Waals surface area contributed by atoms with Crippen LogP contribution in [0.4, 0.5) is 5.00 Å². The molecule has 6 nitrogen and oxygen atoms in total. The number of ether oxygens (including phenoxy) is 1. The molecule has 2 aromatic heterocycles. The minimum atomic E-state index is -0.399. The average molecular weight is 398 g/mol. The van der Waals surface area contributed by atoms with Gasteiger partial charge in [0, 0.05) is 17.5 Å². The van der Waals surface area contributed by atoms with Gasteiger partial charge in [0.1, 0.15) is 5.00 Å². The van der Waals surface area contributed by atoms with Gasteiger partial charge in [0.15, 0.2) is 0 Å². The van der Waals surface area contributed by atoms with E-state index in [0.717, 1.165) is 21.7 Å². The van der Waals surface area contributed by atoms with E-state index in [9.17, 15) is 9.59 Å². The van der Waals surface area contributed by atoms with E-state index in [0.29, 0.717) is 30.0 Å². The highest BCUT2D eigenvalue weighted by Gasteiger charge is 2.22. The van der Waals surface area contributed by atoms with Crippen molar-refractivity contribution in [1.29, 1.82) is 0 Å². The number of nitrogens with zero attached hydrogens (tertiary/aromatic N) is 2. The second-order valence-corrected chi connectivity index (χ2v) is 7.61. The summed E-state index contributed by atoms with van der Waals surface area (Å²) in [7, 11) is 0. The number of nitrogens with one attached hydrogen (secondary N) is 1. The van der Waals surface area contributed by atoms with Crippen molar-refractivity contribution < 1.29 is 14.3 Å². The summed E-state index contributed by atoms with van der Waals surface area (Å²) in [6.45, 7) is 5.86. The maximum atomic E-state index is 12.4. The highest BCUT2D eigenvalue weighted by Crippen LogP contribution is 2.33. The van der Waals surface area contributed by atoms with Crippen LogP contribution in [0.2, 0.25) is 0 Å². The molecule has 0 aliphatic rings. The lowest BCUT2D eigenvalue weighted by atomic mass is 10.1. The molecule has 146 valence electrons. The number of hydrogen-bond donors (Lipinski definition) is 1. The molecule has 0 spiro atoms. The maximum Gasteiger partial charge on any atom is 0.341 e. The quantitative estimate of drug-likeness (QED) is 0.603. The summed E-state index contributed by atoms with van der Waals surface area (Å²) in [5.41, 5.74) is 3.25. The summed E-state index contributed by atoms with van der Waals surface area (Å²) < 4.78 is 6.91. The van der Waals surface area contributed by atoms with E-state index in [-0.39, 0.29) is 5.91 Å². The van der Waals surface area contributed by atoms with Gasteiger partial charge in [-0.2, -0.15) is 5.10 Å². The molecular formula is C21H23N3O3S. The van der Waals surface area contributed by atoms with Crippen molar-refractivity contribution in [3.05, 3.63) is 64.3 Å². The Morgan fingerprint density at radius 1 is 1.21 bits per heavy atom. The summed E-state index contributed by atoms with van der Waals surface area (Å²) in [6.07, 6.45) is 4.56. The van der Waals surface area contributed by atoms with E-state index in [1.165, 1.54) is 11.3 Å². The van der Waals surface area contributed by atoms with Crippen LogP contribution in [-0.4, -0.2) is 28.3 Å². The maximum absolute atomic E-state index is 12.4. The molecule has 3 rings (SSSR count). The molecule has 0 bridgehead atoms. The molecule has 1 N–H and O–H groups in total. The average Bonchev–Trinajstić information content (AvgIpc) is 3.26. The number of rotatable bonds is 7. The molecular weight excluding hydrogens is 374 g/mol. The van der Waals surface area contributed by atoms with Gasteiger partial charge in [-0.15, -0.1) is 11.3 Å². The molecule has 0 aliphatic carbocycles. The summed E-state index contributed by atoms with van der Waals surface area (Å²) in [4.78, 5) is 25.6. The molecule has 0 radical (unpaired) electrons. The Hall–Kier alpha value is -2.93. The second kappa shape index (κ2) is 8.84. The van der Waals surface area contributed by atoms with E-state index >= 15 is 0 Å². The SMILES string of the molecule is CCOC(=O)c1c(NC(=O)CCc2cnn(-c3ccccc3)c2)sc(C)c1C. The fourth-order valence-corrected chi connectivity index (χ4v) is 3.89. The van der Waals surface area contributed by atoms with E-state index in [2.05, 4.69) is 10.4 Å². The summed E-state index contributed by atoms with van der Waals surface area (Å²) >= 11 is 1.40. The van der Waals surface area contributed by atoms with E-state index in [1.54, 1.807) is 17.8 Å². The summed E-state index contributed by atoms with van der Waals surface area (Å²) in [5, 5.41) is 7.77. The van der Waals surface area contributed by atoms with Crippen LogP contribution < -0.4 is 5.32 Å². The molecule has 0 fully saturated rings. The smallest absolute Gasteiger partial charge is 0.341 e. The number of para-hydroxylation sites is 1. The number of benzene rings is 1. The number of carbonyl (C=O) groups is 2. The first kappa shape index (κ1) is 19.8. The Morgan fingerprint density at radius 2 is 1.96 bits per heavy atom. The van der Waals surface area contributed by atoms with E-state index in [1.807, 2.05) is 50.4 Å². The minimum absolute atomic E-state index is 0.140. The first-order valence-corrected chi connectivity index (χ1v) is 9.97. The largest absolute Gasteiger partial charge is 0.462 e. The van der Waals surface area contributed by atoms with Gasteiger partial charge < -0.3 is 10.1 Å². The Balaban J connectivity index is 1.63. The first-order chi connectivity index (χ1) is 13.5. The van der Waals surface area contributed by atoms with Crippen LogP contribution in [0.3, 0.4) is 0 Å². The number of aryl methyl sites for hydroxylation is 2. The predicted octanol–water partition coefficient (Wildman–Crippen LogP) is 4.30. The summed E-state index contributed by atoms with van der Waals surface area (Å²) in [6, 6.07) is 9.81. The van der Waals surface area contributed by atoms with E-state index < -0.39 is 5.97 Å². The van der Waals surface area contributed by atoms with Crippen LogP contribution in [0.5, 0.6) is 0 Å². The highest BCUT2D eigenvalue weighted by molar-refractivity contribution is 7.16. The van der Waals surface area contributed by atoms with Gasteiger partial charge >= 0.3 is 5.97 Å². The third-order valence-electron chi connectivity index (χ3n) is 4.42. The van der Waals surface area contributed by atoms with Crippen LogP contribution in [0, 0.1) is 13.8 Å². The Labute approximate surface area is 168 Å². The van der Waals surface area contributed by atoms with Crippen LogP contribution in [0.15, 0.2) is 42.7 Å². The molecule has 7 heteroatoms. The van der Waals surface area contributed by atoms with Crippen molar-refractivity contribution in [3.8, 4) is 5.69 Å². The molecule has 1 aromatic carbocycles. The molecule has 0 saturated heterocycles. The lowest BCUT2D eigenvalue weighted by Crippen LogP contribution is -2.15. The molecule has 0 atom stereocenters. The zero-order valence-electron chi connectivity index (χ0n) is 16.2. The third-order valence-corrected chi connectivity index (χ3v) is 5.54. The molecule has 0 aliphatic heterocycles. The Kier molecular flexibility index (Phi) is 6.26. The Morgan fingerprint density at radius 3 is 2.68 bits per heavy atom. The van der Waals surface area contributed by atoms with Gasteiger partial charge in [-0.1, -0.05) is 18.2 Å². The van der Waals surface area contributed by atoms with Crippen molar-refractivity contribution in [2.45, 2.75) is 33.6 Å². The number of aromatic nitrogens is 2. The molecule has 3 aromatic rings. The van der Waals surface area contributed by atoms with Crippen LogP contribution in [0.25, 0.3) is 5.69 Å². The summed E-state index contributed by atoms with van der Waals surface area (Å²) in [5.74, 6) is -0.539. The zero-order chi connectivity index (χ0) is 20.1. The van der Waals surface area contributed by atoms with Crippen molar-refractivity contribution in [3.63, 3.8) is 0 Å². The van der Waals surface area contributed by atoms with Gasteiger partial charge in [0.25, 0.3) is 0 Å². The lowest BCUT2D eigenvalue weighted by Gasteiger charge is -2.07. The fraction of sp³-hybridized carbons (Fsp3) is 0.286. The van der Waals surface area contributed by atoms with E-state index in [4.69, 9.17) is 4.74 Å². The molecule has 1 amide bonds. The lowest BCUT2D eigenvalue weighted by molar-refractivity contribution is -0.116. The Bertz CT molecular complexity index is 976. The van der Waals surface area contributed by atoms with Crippen LogP contribution in [-0.2, 0) is 16.0 Å². The van der Waals surface area contributed by atoms with Crippen LogP contribution >= 0.6 is 11.3 Å². The highest BCUT2D eigenvalue weighted by atomic mass is 32.1. The fourth-order valence-electron chi connectivity index (χ4n) is 2.82. The van der Waals surface area contributed by atoms with Crippen molar-refractivity contribution in [1.82, 2.24) is 9.78 Å². The van der Waals surface area contributed by atoms with Gasteiger partial charge in [0.2, 0.25) is 5.91 Å². The van der Waals surface area contributed by atoms with Crippen molar-refractivity contribution >= 4 is 28.2 Å². The molecule has 0 unspecified atom stereocenters. The number of thiophene rings is 1. The van der Waals surface area contributed by atoms with Gasteiger partial charge in [-0.25, -0.2) is 9.48 Å². The zero-order valence-corrected chi connectivity index (χ0v) is 17.0. The second-order valence-electron chi connectivity index (χ2n) is 6.38. The van der Waals surface area contributed by atoms with Gasteiger partial charge in [-0.3, -0.25) is 4.79 Å². The number of hydrogen-bond acceptors (Lipinski definition) is 5. The standard InChI is InChI=1S/C21H23N3O3S/c1-4-27-21(26)19-14(2)15(3)28-20(19)23-18(25)11-10-16-12-22-24(13-16)17-8-6-5-7-9-17/h5-9,12-13H,4,10-11H2,1-3H3,(H,23,25). The monoisotopic (exact) mass is 397 g/mol. The van der Waals surface area contributed by atoms with Gasteiger partial charge in [-0.05, 0) is 50.5 Å². The number of esters is 1. The van der Waals surface area contributed by atoms with Crippen molar-refractivity contribution in [2.24, 2.45) is 0 Å². The minimum Gasteiger partial charge on any atom is -0.462 e. The first-order valence-electron chi connectivity index (χ1n) is 9.15. The third kappa shape index (κ3) is 4.48. The molecule has 0 saturated carbocycles. The molecule has 28 heavy (non-hydrogen) atoms. The number of amides is 1. The number of carbonyl (C=O) groups excluding carboxylic acids is 2. The molecule has 2 heterocycles. The van der Waals surface area contributed by atoms with Crippen molar-refractivity contribution in [2.75, 3.05) is 11.9 Å². The van der Waals surface area contributed by atoms with Gasteiger partial charge in [0.05, 0.1) is 24.1 Å². The normalized spacial score (nSPS) is 10.7. The topological polar surface area (TPSA) is 73.2 Å². The van der Waals surface area contributed by atoms with Crippen LogP contribution in [0.1, 0.15) is 39.7 Å². The predicted molar refractivity (Wildman–Crippen MR) is 110 cm³/mol.